The van der Waals surface area contributed by atoms with Crippen LogP contribution in [0.5, 0.6) is 0 Å². The van der Waals surface area contributed by atoms with E-state index in [9.17, 15) is 15.4 Å². The predicted octanol–water partition coefficient (Wildman–Crippen LogP) is 5.09. The van der Waals surface area contributed by atoms with Crippen LogP contribution in [0.2, 0.25) is 0 Å². The molecule has 0 unspecified atom stereocenters. The number of aromatic nitrogens is 1. The topological polar surface area (TPSA) is 79.8 Å². The van der Waals surface area contributed by atoms with Crippen molar-refractivity contribution < 1.29 is 4.92 Å². The number of para-hydroxylation sites is 1. The second-order valence-electron chi connectivity index (χ2n) is 5.39. The average molecular weight is 347 g/mol. The Bertz CT molecular complexity index is 998. The monoisotopic (exact) mass is 347 g/mol. The maximum absolute atomic E-state index is 11.1. The molecule has 0 saturated heterocycles. The summed E-state index contributed by atoms with van der Waals surface area (Å²) in [6, 6.07) is 16.4. The summed E-state index contributed by atoms with van der Waals surface area (Å²) in [5, 5.41) is 23.0. The number of rotatable bonds is 4. The summed E-state index contributed by atoms with van der Waals surface area (Å²) in [4.78, 5) is 15.2. The number of benzene rings is 2. The minimum absolute atomic E-state index is 0.0365. The second-order valence-corrected chi connectivity index (χ2v) is 6.25. The molecule has 122 valence electrons. The molecule has 0 atom stereocenters. The summed E-state index contributed by atoms with van der Waals surface area (Å²) in [6.07, 6.45) is 1.51. The van der Waals surface area contributed by atoms with Crippen LogP contribution in [0.3, 0.4) is 0 Å². The van der Waals surface area contributed by atoms with Crippen LogP contribution in [0.1, 0.15) is 16.1 Å². The molecule has 0 N–H and O–H groups in total. The molecule has 3 aromatic rings. The van der Waals surface area contributed by atoms with Gasteiger partial charge in [-0.25, -0.2) is 4.98 Å². The minimum atomic E-state index is -0.458. The molecular weight excluding hydrogens is 334 g/mol. The van der Waals surface area contributed by atoms with Crippen molar-refractivity contribution in [1.29, 1.82) is 5.26 Å². The Hall–Kier alpha value is -3.30. The van der Waals surface area contributed by atoms with Crippen molar-refractivity contribution >= 4 is 28.7 Å². The molecule has 1 heterocycles. The first-order valence-electron chi connectivity index (χ1n) is 7.46. The highest BCUT2D eigenvalue weighted by Gasteiger charge is 2.14. The highest BCUT2D eigenvalue weighted by Crippen LogP contribution is 2.29. The molecule has 0 fully saturated rings. The standard InChI is InChI=1S/C19H13N3O2S/c1-13-6-8-14(9-7-13)17-12-25-19(21-17)16(11-20)10-15-4-2-3-5-18(15)22(23)24/h2-10,12H,1H3/b16-10-. The zero-order chi connectivity index (χ0) is 17.8. The molecule has 3 rings (SSSR count). The van der Waals surface area contributed by atoms with E-state index in [2.05, 4.69) is 11.1 Å². The van der Waals surface area contributed by atoms with Gasteiger partial charge in [0.25, 0.3) is 5.69 Å². The Balaban J connectivity index is 1.99. The van der Waals surface area contributed by atoms with E-state index >= 15 is 0 Å². The van der Waals surface area contributed by atoms with Crippen molar-refractivity contribution in [3.8, 4) is 17.3 Å². The van der Waals surface area contributed by atoms with Crippen LogP contribution in [0, 0.1) is 28.4 Å². The summed E-state index contributed by atoms with van der Waals surface area (Å²) in [5.74, 6) is 0. The molecule has 2 aromatic carbocycles. The number of thiazole rings is 1. The van der Waals surface area contributed by atoms with E-state index in [4.69, 9.17) is 0 Å². The molecule has 0 bridgehead atoms. The number of nitro benzene ring substituents is 1. The highest BCUT2D eigenvalue weighted by atomic mass is 32.1. The van der Waals surface area contributed by atoms with Crippen LogP contribution < -0.4 is 0 Å². The van der Waals surface area contributed by atoms with Crippen LogP contribution in [-0.4, -0.2) is 9.91 Å². The molecule has 0 aliphatic heterocycles. The number of aryl methyl sites for hydroxylation is 1. The van der Waals surface area contributed by atoms with Gasteiger partial charge in [-0.05, 0) is 19.1 Å². The first kappa shape index (κ1) is 16.6. The molecule has 0 radical (unpaired) electrons. The van der Waals surface area contributed by atoms with Crippen LogP contribution in [0.15, 0.2) is 53.9 Å². The van der Waals surface area contributed by atoms with Crippen molar-refractivity contribution in [2.75, 3.05) is 0 Å². The molecule has 6 heteroatoms. The lowest BCUT2D eigenvalue weighted by molar-refractivity contribution is -0.385. The highest BCUT2D eigenvalue weighted by molar-refractivity contribution is 7.11. The summed E-state index contributed by atoms with van der Waals surface area (Å²) in [7, 11) is 0. The number of nitriles is 1. The third-order valence-corrected chi connectivity index (χ3v) is 4.51. The van der Waals surface area contributed by atoms with Crippen LogP contribution >= 0.6 is 11.3 Å². The number of hydrogen-bond donors (Lipinski definition) is 0. The predicted molar refractivity (Wildman–Crippen MR) is 98.9 cm³/mol. The number of allylic oxidation sites excluding steroid dienone is 1. The van der Waals surface area contributed by atoms with Gasteiger partial charge in [-0.1, -0.05) is 42.0 Å². The Kier molecular flexibility index (Phi) is 4.68. The van der Waals surface area contributed by atoms with Gasteiger partial charge in [0.05, 0.1) is 21.8 Å². The van der Waals surface area contributed by atoms with E-state index in [1.165, 1.54) is 23.5 Å². The summed E-state index contributed by atoms with van der Waals surface area (Å²) < 4.78 is 0. The first-order chi connectivity index (χ1) is 12.1. The van der Waals surface area contributed by atoms with Crippen molar-refractivity contribution in [2.24, 2.45) is 0 Å². The van der Waals surface area contributed by atoms with Gasteiger partial charge in [-0.15, -0.1) is 11.3 Å². The lowest BCUT2D eigenvalue weighted by Crippen LogP contribution is -1.91. The number of hydrogen-bond acceptors (Lipinski definition) is 5. The molecular formula is C19H13N3O2S. The van der Waals surface area contributed by atoms with Crippen LogP contribution in [0.25, 0.3) is 22.9 Å². The minimum Gasteiger partial charge on any atom is -0.258 e. The number of nitrogens with zero attached hydrogens (tertiary/aromatic N) is 3. The van der Waals surface area contributed by atoms with Gasteiger partial charge in [0.15, 0.2) is 0 Å². The molecule has 0 spiro atoms. The Morgan fingerprint density at radius 3 is 2.64 bits per heavy atom. The summed E-state index contributed by atoms with van der Waals surface area (Å²) in [5.41, 5.74) is 3.56. The Morgan fingerprint density at radius 1 is 1.24 bits per heavy atom. The van der Waals surface area contributed by atoms with Crippen LogP contribution in [-0.2, 0) is 0 Å². The lowest BCUT2D eigenvalue weighted by Gasteiger charge is -1.99. The van der Waals surface area contributed by atoms with Gasteiger partial charge < -0.3 is 0 Å². The fourth-order valence-electron chi connectivity index (χ4n) is 2.33. The zero-order valence-electron chi connectivity index (χ0n) is 13.3. The van der Waals surface area contributed by atoms with E-state index in [0.29, 0.717) is 16.1 Å². The zero-order valence-corrected chi connectivity index (χ0v) is 14.2. The van der Waals surface area contributed by atoms with Gasteiger partial charge in [0, 0.05) is 17.0 Å². The third-order valence-electron chi connectivity index (χ3n) is 3.64. The van der Waals surface area contributed by atoms with Crippen molar-refractivity contribution in [1.82, 2.24) is 4.98 Å². The third kappa shape index (κ3) is 3.62. The van der Waals surface area contributed by atoms with E-state index in [-0.39, 0.29) is 5.69 Å². The normalized spacial score (nSPS) is 11.1. The Morgan fingerprint density at radius 2 is 1.96 bits per heavy atom. The smallest absolute Gasteiger partial charge is 0.258 e. The molecule has 0 aliphatic carbocycles. The van der Waals surface area contributed by atoms with Crippen molar-refractivity contribution in [3.05, 3.63) is 80.2 Å². The second kappa shape index (κ2) is 7.07. The molecule has 25 heavy (non-hydrogen) atoms. The number of nitro groups is 1. The van der Waals surface area contributed by atoms with Gasteiger partial charge in [0.2, 0.25) is 0 Å². The molecule has 0 amide bonds. The lowest BCUT2D eigenvalue weighted by atomic mass is 10.1. The van der Waals surface area contributed by atoms with Crippen molar-refractivity contribution in [3.63, 3.8) is 0 Å². The van der Waals surface area contributed by atoms with E-state index in [1.807, 2.05) is 36.6 Å². The first-order valence-corrected chi connectivity index (χ1v) is 8.34. The quantitative estimate of drug-likeness (QED) is 0.374. The Labute approximate surface area is 148 Å². The van der Waals surface area contributed by atoms with Gasteiger partial charge in [0.1, 0.15) is 11.1 Å². The SMILES string of the molecule is Cc1ccc(-c2csc(/C(C#N)=C\c3ccccc3[N+](=O)[O-])n2)cc1. The molecule has 0 saturated carbocycles. The molecule has 1 aromatic heterocycles. The molecule has 0 aliphatic rings. The van der Waals surface area contributed by atoms with Gasteiger partial charge >= 0.3 is 0 Å². The van der Waals surface area contributed by atoms with Gasteiger partial charge in [-0.2, -0.15) is 5.26 Å². The fraction of sp³-hybridized carbons (Fsp3) is 0.0526. The fourth-order valence-corrected chi connectivity index (χ4v) is 3.12. The van der Waals surface area contributed by atoms with E-state index in [1.54, 1.807) is 18.2 Å². The maximum atomic E-state index is 11.1. The summed E-state index contributed by atoms with van der Waals surface area (Å²) in [6.45, 7) is 2.01. The largest absolute Gasteiger partial charge is 0.276 e. The van der Waals surface area contributed by atoms with E-state index in [0.717, 1.165) is 16.8 Å². The maximum Gasteiger partial charge on any atom is 0.276 e. The van der Waals surface area contributed by atoms with Crippen molar-refractivity contribution in [2.45, 2.75) is 6.92 Å². The van der Waals surface area contributed by atoms with Gasteiger partial charge in [-0.3, -0.25) is 10.1 Å². The summed E-state index contributed by atoms with van der Waals surface area (Å²) >= 11 is 1.34. The van der Waals surface area contributed by atoms with E-state index < -0.39 is 4.92 Å². The van der Waals surface area contributed by atoms with Crippen LogP contribution in [0.4, 0.5) is 5.69 Å². The average Bonchev–Trinajstić information content (AvgIpc) is 3.10. The molecule has 5 nitrogen and oxygen atoms in total.